The summed E-state index contributed by atoms with van der Waals surface area (Å²) >= 11 is 0. The van der Waals surface area contributed by atoms with Gasteiger partial charge in [-0.1, -0.05) is 24.8 Å². The van der Waals surface area contributed by atoms with Gasteiger partial charge in [0.2, 0.25) is 5.91 Å². The molecule has 3 N–H and O–H groups in total. The topological polar surface area (TPSA) is 64.6 Å². The molecule has 0 aromatic carbocycles. The number of likely N-dealkylation sites (tertiary alicyclic amines) is 1. The average Bonchev–Trinajstić information content (AvgIpc) is 2.64. The second-order valence-electron chi connectivity index (χ2n) is 8.22. The zero-order valence-corrected chi connectivity index (χ0v) is 17.6. The van der Waals surface area contributed by atoms with Crippen molar-refractivity contribution < 1.29 is 36.2 Å². The molecular formula is C21H29F6N3O2. The van der Waals surface area contributed by atoms with E-state index in [2.05, 4.69) is 22.1 Å². The van der Waals surface area contributed by atoms with E-state index in [1.807, 2.05) is 0 Å². The largest absolute Gasteiger partial charge is 0.416 e. The van der Waals surface area contributed by atoms with E-state index in [1.54, 1.807) is 0 Å². The molecule has 5 nitrogen and oxygen atoms in total. The zero-order chi connectivity index (χ0) is 23.9. The third kappa shape index (κ3) is 9.23. The molecule has 0 radical (unpaired) electrons. The Hall–Kier alpha value is -2.01. The summed E-state index contributed by atoms with van der Waals surface area (Å²) in [5.74, 6) is -0.699. The smallest absolute Gasteiger partial charge is 0.393 e. The van der Waals surface area contributed by atoms with Crippen LogP contribution in [-0.2, 0) is 4.79 Å². The number of hydrogen-bond donors (Lipinski definition) is 3. The summed E-state index contributed by atoms with van der Waals surface area (Å²) in [5, 5.41) is 15.2. The second-order valence-corrected chi connectivity index (χ2v) is 8.22. The molecule has 1 saturated heterocycles. The van der Waals surface area contributed by atoms with Crippen LogP contribution in [0.1, 0.15) is 38.5 Å². The van der Waals surface area contributed by atoms with Crippen LogP contribution in [0.4, 0.5) is 26.3 Å². The quantitative estimate of drug-likeness (QED) is 0.357. The number of rotatable bonds is 9. The van der Waals surface area contributed by atoms with Crippen molar-refractivity contribution in [2.45, 2.75) is 69.1 Å². The molecular weight excluding hydrogens is 440 g/mol. The fourth-order valence-electron chi connectivity index (χ4n) is 3.74. The Morgan fingerprint density at radius 3 is 2.28 bits per heavy atom. The van der Waals surface area contributed by atoms with E-state index in [1.165, 1.54) is 0 Å². The molecule has 0 spiro atoms. The van der Waals surface area contributed by atoms with Gasteiger partial charge in [-0.2, -0.15) is 26.3 Å². The molecule has 32 heavy (non-hydrogen) atoms. The van der Waals surface area contributed by atoms with Crippen molar-refractivity contribution >= 4 is 5.91 Å². The first-order chi connectivity index (χ1) is 14.8. The van der Waals surface area contributed by atoms with Crippen molar-refractivity contribution in [2.75, 3.05) is 19.6 Å². The molecule has 2 rings (SSSR count). The average molecular weight is 469 g/mol. The second kappa shape index (κ2) is 11.2. The molecule has 2 aliphatic rings. The van der Waals surface area contributed by atoms with Crippen LogP contribution in [0.5, 0.6) is 0 Å². The minimum Gasteiger partial charge on any atom is -0.393 e. The van der Waals surface area contributed by atoms with Gasteiger partial charge < -0.3 is 15.7 Å². The number of hydrogen-bond acceptors (Lipinski definition) is 4. The van der Waals surface area contributed by atoms with Crippen molar-refractivity contribution in [1.29, 1.82) is 0 Å². The molecule has 2 fully saturated rings. The van der Waals surface area contributed by atoms with Crippen LogP contribution >= 0.6 is 0 Å². The van der Waals surface area contributed by atoms with Crippen LogP contribution in [0, 0.1) is 0 Å². The van der Waals surface area contributed by atoms with E-state index >= 15 is 0 Å². The molecule has 1 saturated carbocycles. The van der Waals surface area contributed by atoms with Gasteiger partial charge in [0.1, 0.15) is 0 Å². The van der Waals surface area contributed by atoms with Crippen LogP contribution in [-0.4, -0.2) is 66.1 Å². The fourth-order valence-corrected chi connectivity index (χ4v) is 3.74. The Morgan fingerprint density at radius 2 is 1.72 bits per heavy atom. The van der Waals surface area contributed by atoms with Crippen LogP contribution in [0.2, 0.25) is 0 Å². The molecule has 1 aliphatic carbocycles. The summed E-state index contributed by atoms with van der Waals surface area (Å²) in [5.41, 5.74) is -0.786. The van der Waals surface area contributed by atoms with E-state index in [9.17, 15) is 36.2 Å². The van der Waals surface area contributed by atoms with Gasteiger partial charge in [0.15, 0.2) is 0 Å². The van der Waals surface area contributed by atoms with Gasteiger partial charge in [-0.25, -0.2) is 0 Å². The Morgan fingerprint density at radius 1 is 1.09 bits per heavy atom. The Kier molecular flexibility index (Phi) is 9.20. The number of amides is 1. The molecule has 0 bridgehead atoms. The lowest BCUT2D eigenvalue weighted by Crippen LogP contribution is -2.61. The highest BCUT2D eigenvalue weighted by atomic mass is 19.4. The minimum absolute atomic E-state index is 0.0318. The first-order valence-electron chi connectivity index (χ1n) is 10.5. The number of allylic oxidation sites excluding steroid dienone is 3. The predicted octanol–water partition coefficient (Wildman–Crippen LogP) is 3.58. The molecule has 0 unspecified atom stereocenters. The summed E-state index contributed by atoms with van der Waals surface area (Å²) in [4.78, 5) is 14.2. The maximum atomic E-state index is 12.9. The highest BCUT2D eigenvalue weighted by Crippen LogP contribution is 2.29. The van der Waals surface area contributed by atoms with Crippen molar-refractivity contribution in [3.8, 4) is 0 Å². The van der Waals surface area contributed by atoms with Gasteiger partial charge in [0.05, 0.1) is 30.7 Å². The third-order valence-corrected chi connectivity index (χ3v) is 5.48. The Balaban J connectivity index is 1.69. The summed E-state index contributed by atoms with van der Waals surface area (Å²) in [6.45, 7) is 5.47. The minimum atomic E-state index is -4.86. The lowest BCUT2D eigenvalue weighted by Gasteiger charge is -2.46. The molecule has 11 heteroatoms. The monoisotopic (exact) mass is 469 g/mol. The summed E-state index contributed by atoms with van der Waals surface area (Å²) in [6, 6.07) is 0.631. The van der Waals surface area contributed by atoms with Crippen LogP contribution < -0.4 is 10.6 Å². The van der Waals surface area contributed by atoms with E-state index in [-0.39, 0.29) is 18.7 Å². The first kappa shape index (κ1) is 26.2. The number of nitrogens with zero attached hydrogens (tertiary/aromatic N) is 1. The van der Waals surface area contributed by atoms with Gasteiger partial charge in [-0.15, -0.1) is 0 Å². The summed E-state index contributed by atoms with van der Waals surface area (Å²) in [6.07, 6.45) is -6.98. The summed E-state index contributed by atoms with van der Waals surface area (Å²) < 4.78 is 75.0. The maximum Gasteiger partial charge on any atom is 0.416 e. The van der Waals surface area contributed by atoms with Crippen LogP contribution in [0.25, 0.3) is 0 Å². The Labute approximate surface area is 183 Å². The first-order valence-corrected chi connectivity index (χ1v) is 10.5. The van der Waals surface area contributed by atoms with Gasteiger partial charge in [0.25, 0.3) is 0 Å². The van der Waals surface area contributed by atoms with E-state index in [4.69, 9.17) is 0 Å². The number of halogens is 6. The summed E-state index contributed by atoms with van der Waals surface area (Å²) in [7, 11) is 0. The molecule has 0 atom stereocenters. The number of carbonyl (C=O) groups is 1. The van der Waals surface area contributed by atoms with Crippen molar-refractivity contribution in [3.05, 3.63) is 36.1 Å². The number of carbonyl (C=O) groups excluding carboxylic acids is 1. The van der Waals surface area contributed by atoms with Gasteiger partial charge in [0, 0.05) is 31.2 Å². The SMILES string of the molecule is C=C(CNC(=O)C/C=C(\C=C/CC(F)(F)F)C(F)(F)F)NC1CN(C2CCC(O)CC2)C1. The zero-order valence-electron chi connectivity index (χ0n) is 17.6. The molecule has 182 valence electrons. The number of aliphatic hydroxyl groups excluding tert-OH is 1. The highest BCUT2D eigenvalue weighted by Gasteiger charge is 2.34. The molecule has 1 heterocycles. The van der Waals surface area contributed by atoms with Crippen molar-refractivity contribution in [3.63, 3.8) is 0 Å². The maximum absolute atomic E-state index is 12.9. The third-order valence-electron chi connectivity index (χ3n) is 5.48. The number of aliphatic hydroxyl groups is 1. The molecule has 1 amide bonds. The standard InChI is InChI=1S/C21H29F6N3O2/c1-14(29-16-12-30(13-16)17-5-7-18(31)8-6-17)11-28-19(32)9-4-15(21(25,26)27)3-2-10-20(22,23)24/h2-4,16-18,29,31H,1,5-13H2,(H,28,32)/b3-2-,15-4+. The van der Waals surface area contributed by atoms with E-state index in [0.717, 1.165) is 38.8 Å². The van der Waals surface area contributed by atoms with E-state index < -0.39 is 36.7 Å². The van der Waals surface area contributed by atoms with Crippen molar-refractivity contribution in [1.82, 2.24) is 15.5 Å². The van der Waals surface area contributed by atoms with Crippen LogP contribution in [0.15, 0.2) is 36.1 Å². The van der Waals surface area contributed by atoms with Crippen LogP contribution in [0.3, 0.4) is 0 Å². The molecule has 1 aliphatic heterocycles. The van der Waals surface area contributed by atoms with Gasteiger partial charge in [-0.05, 0) is 25.7 Å². The van der Waals surface area contributed by atoms with E-state index in [0.29, 0.717) is 30.0 Å². The van der Waals surface area contributed by atoms with Gasteiger partial charge >= 0.3 is 12.4 Å². The normalized spacial score (nSPS) is 23.8. The predicted molar refractivity (Wildman–Crippen MR) is 107 cm³/mol. The van der Waals surface area contributed by atoms with Gasteiger partial charge in [-0.3, -0.25) is 9.69 Å². The number of alkyl halides is 6. The lowest BCUT2D eigenvalue weighted by molar-refractivity contribution is -0.125. The highest BCUT2D eigenvalue weighted by molar-refractivity contribution is 5.77. The molecule has 0 aromatic rings. The van der Waals surface area contributed by atoms with Crippen molar-refractivity contribution in [2.24, 2.45) is 0 Å². The Bertz CT molecular complexity index is 703. The number of nitrogens with one attached hydrogen (secondary N) is 2. The lowest BCUT2D eigenvalue weighted by atomic mass is 9.89. The fraction of sp³-hybridized carbons (Fsp3) is 0.667. The molecule has 0 aromatic heterocycles.